The Morgan fingerprint density at radius 3 is 2.88 bits per heavy atom. The number of halogens is 2. The van der Waals surface area contributed by atoms with E-state index in [4.69, 9.17) is 0 Å². The molecule has 1 aliphatic rings. The van der Waals surface area contributed by atoms with Gasteiger partial charge < -0.3 is 0 Å². The summed E-state index contributed by atoms with van der Waals surface area (Å²) in [5, 5.41) is 0. The van der Waals surface area contributed by atoms with E-state index >= 15 is 0 Å². The summed E-state index contributed by atoms with van der Waals surface area (Å²) in [6.07, 6.45) is 6.12. The van der Waals surface area contributed by atoms with E-state index < -0.39 is 0 Å². The van der Waals surface area contributed by atoms with Crippen molar-refractivity contribution in [2.75, 3.05) is 0 Å². The van der Waals surface area contributed by atoms with Crippen LogP contribution in [0.25, 0.3) is 5.82 Å². The second-order valence-electron chi connectivity index (χ2n) is 3.92. The summed E-state index contributed by atoms with van der Waals surface area (Å²) in [4.78, 5) is 8.42. The monoisotopic (exact) mass is 281 g/mol. The first-order chi connectivity index (χ1) is 7.74. The Hall–Kier alpha value is -1.23. The number of pyridine rings is 1. The molecule has 0 saturated heterocycles. The first kappa shape index (κ1) is 9.96. The zero-order valence-corrected chi connectivity index (χ0v) is 9.98. The molecule has 3 rings (SSSR count). The highest BCUT2D eigenvalue weighted by atomic mass is 79.9. The van der Waals surface area contributed by atoms with Crippen molar-refractivity contribution in [2.24, 2.45) is 0 Å². The number of aromatic nitrogens is 3. The Balaban J connectivity index is 1.97. The minimum Gasteiger partial charge on any atom is -0.290 e. The predicted octanol–water partition coefficient (Wildman–Crippen LogP) is 3.05. The fourth-order valence-corrected chi connectivity index (χ4v) is 1.92. The predicted molar refractivity (Wildman–Crippen MR) is 61.0 cm³/mol. The van der Waals surface area contributed by atoms with Crippen LogP contribution >= 0.6 is 15.9 Å². The summed E-state index contributed by atoms with van der Waals surface area (Å²) >= 11 is 3.07. The molecule has 3 nitrogen and oxygen atoms in total. The highest BCUT2D eigenvalue weighted by Gasteiger charge is 2.25. The third-order valence-electron chi connectivity index (χ3n) is 2.65. The lowest BCUT2D eigenvalue weighted by Gasteiger charge is -2.01. The van der Waals surface area contributed by atoms with Gasteiger partial charge in [0.05, 0.1) is 5.69 Å². The van der Waals surface area contributed by atoms with Crippen molar-refractivity contribution in [2.45, 2.75) is 18.8 Å². The molecule has 0 spiro atoms. The van der Waals surface area contributed by atoms with Crippen LogP contribution in [0.5, 0.6) is 0 Å². The van der Waals surface area contributed by atoms with Crippen LogP contribution in [0, 0.1) is 5.82 Å². The third kappa shape index (κ3) is 1.75. The van der Waals surface area contributed by atoms with Gasteiger partial charge in [0.2, 0.25) is 0 Å². The van der Waals surface area contributed by atoms with Gasteiger partial charge in [-0.25, -0.2) is 14.4 Å². The molecule has 2 heterocycles. The molecule has 0 unspecified atom stereocenters. The van der Waals surface area contributed by atoms with Gasteiger partial charge in [0.1, 0.15) is 16.7 Å². The van der Waals surface area contributed by atoms with Gasteiger partial charge in [-0.15, -0.1) is 0 Å². The van der Waals surface area contributed by atoms with E-state index in [1.54, 1.807) is 12.4 Å². The fraction of sp³-hybridized carbons (Fsp3) is 0.273. The lowest BCUT2D eigenvalue weighted by Crippen LogP contribution is -1.95. The van der Waals surface area contributed by atoms with E-state index in [0.717, 1.165) is 5.69 Å². The molecule has 0 N–H and O–H groups in total. The fourth-order valence-electron chi connectivity index (χ4n) is 1.60. The highest BCUT2D eigenvalue weighted by Crippen LogP contribution is 2.39. The smallest absolute Gasteiger partial charge is 0.156 e. The largest absolute Gasteiger partial charge is 0.290 e. The van der Waals surface area contributed by atoms with Gasteiger partial charge >= 0.3 is 0 Å². The molecule has 2 aromatic heterocycles. The Kier molecular flexibility index (Phi) is 2.28. The molecular weight excluding hydrogens is 273 g/mol. The molecule has 82 valence electrons. The van der Waals surface area contributed by atoms with Crippen LogP contribution < -0.4 is 0 Å². The van der Waals surface area contributed by atoms with Gasteiger partial charge in [-0.1, -0.05) is 0 Å². The van der Waals surface area contributed by atoms with Crippen LogP contribution in [0.1, 0.15) is 24.5 Å². The maximum absolute atomic E-state index is 13.0. The standard InChI is InChI=1S/C11H9BrFN3/c12-11-8(13)3-4-10(15-11)16-5-9(14-6-16)7-1-2-7/h3-7H,1-2H2. The average Bonchev–Trinajstić information content (AvgIpc) is 3.01. The second kappa shape index (κ2) is 3.66. The first-order valence-corrected chi connectivity index (χ1v) is 5.89. The van der Waals surface area contributed by atoms with Gasteiger partial charge in [0.25, 0.3) is 0 Å². The minimum absolute atomic E-state index is 0.228. The number of hydrogen-bond donors (Lipinski definition) is 0. The van der Waals surface area contributed by atoms with E-state index in [2.05, 4.69) is 25.9 Å². The summed E-state index contributed by atoms with van der Waals surface area (Å²) in [6.45, 7) is 0. The van der Waals surface area contributed by atoms with E-state index in [1.807, 2.05) is 10.8 Å². The second-order valence-corrected chi connectivity index (χ2v) is 4.67. The SMILES string of the molecule is Fc1ccc(-n2cnc(C3CC3)c2)nc1Br. The number of hydrogen-bond acceptors (Lipinski definition) is 2. The van der Waals surface area contributed by atoms with Crippen LogP contribution in [-0.4, -0.2) is 14.5 Å². The summed E-state index contributed by atoms with van der Waals surface area (Å²) < 4.78 is 15.1. The molecule has 0 aliphatic heterocycles. The molecule has 5 heteroatoms. The molecule has 0 atom stereocenters. The molecule has 2 aromatic rings. The van der Waals surface area contributed by atoms with Crippen LogP contribution in [0.2, 0.25) is 0 Å². The summed E-state index contributed by atoms with van der Waals surface area (Å²) in [5.41, 5.74) is 1.10. The van der Waals surface area contributed by atoms with Gasteiger partial charge in [0.15, 0.2) is 5.82 Å². The molecule has 0 bridgehead atoms. The quantitative estimate of drug-likeness (QED) is 0.793. The van der Waals surface area contributed by atoms with Crippen molar-refractivity contribution in [3.8, 4) is 5.82 Å². The molecule has 16 heavy (non-hydrogen) atoms. The third-order valence-corrected chi connectivity index (χ3v) is 3.21. The average molecular weight is 282 g/mol. The Morgan fingerprint density at radius 1 is 1.38 bits per heavy atom. The number of imidazole rings is 1. The Bertz CT molecular complexity index is 534. The van der Waals surface area contributed by atoms with Crippen LogP contribution in [-0.2, 0) is 0 Å². The van der Waals surface area contributed by atoms with Gasteiger partial charge in [0, 0.05) is 12.1 Å². The maximum atomic E-state index is 13.0. The highest BCUT2D eigenvalue weighted by molar-refractivity contribution is 9.10. The topological polar surface area (TPSA) is 30.7 Å². The van der Waals surface area contributed by atoms with E-state index in [-0.39, 0.29) is 10.4 Å². The lowest BCUT2D eigenvalue weighted by atomic mass is 10.3. The van der Waals surface area contributed by atoms with Crippen molar-refractivity contribution in [1.82, 2.24) is 14.5 Å². The molecule has 1 saturated carbocycles. The van der Waals surface area contributed by atoms with Crippen LogP contribution in [0.3, 0.4) is 0 Å². The Labute approximate surface area is 100 Å². The van der Waals surface area contributed by atoms with Crippen LogP contribution in [0.4, 0.5) is 4.39 Å². The molecule has 0 amide bonds. The molecule has 1 aliphatic carbocycles. The van der Waals surface area contributed by atoms with Crippen LogP contribution in [0.15, 0.2) is 29.3 Å². The van der Waals surface area contributed by atoms with Crippen molar-refractivity contribution in [3.05, 3.63) is 40.8 Å². The van der Waals surface area contributed by atoms with Gasteiger partial charge in [-0.3, -0.25) is 4.57 Å². The van der Waals surface area contributed by atoms with E-state index in [0.29, 0.717) is 11.7 Å². The molecule has 0 radical (unpaired) electrons. The zero-order chi connectivity index (χ0) is 11.1. The van der Waals surface area contributed by atoms with Gasteiger partial charge in [-0.05, 0) is 40.9 Å². The molecular formula is C11H9BrFN3. The molecule has 1 fully saturated rings. The first-order valence-electron chi connectivity index (χ1n) is 5.10. The van der Waals surface area contributed by atoms with E-state index in [1.165, 1.54) is 18.9 Å². The van der Waals surface area contributed by atoms with Crippen molar-refractivity contribution < 1.29 is 4.39 Å². The van der Waals surface area contributed by atoms with Gasteiger partial charge in [-0.2, -0.15) is 0 Å². The minimum atomic E-state index is -0.355. The number of nitrogens with zero attached hydrogens (tertiary/aromatic N) is 3. The maximum Gasteiger partial charge on any atom is 0.156 e. The molecule has 0 aromatic carbocycles. The summed E-state index contributed by atoms with van der Waals surface area (Å²) in [6, 6.07) is 3.03. The lowest BCUT2D eigenvalue weighted by molar-refractivity contribution is 0.611. The van der Waals surface area contributed by atoms with Crippen molar-refractivity contribution in [3.63, 3.8) is 0 Å². The summed E-state index contributed by atoms with van der Waals surface area (Å²) in [5.74, 6) is 0.934. The van der Waals surface area contributed by atoms with Crippen molar-refractivity contribution in [1.29, 1.82) is 0 Å². The summed E-state index contributed by atoms with van der Waals surface area (Å²) in [7, 11) is 0. The Morgan fingerprint density at radius 2 is 2.19 bits per heavy atom. The van der Waals surface area contributed by atoms with Crippen molar-refractivity contribution >= 4 is 15.9 Å². The zero-order valence-electron chi connectivity index (χ0n) is 8.40. The number of rotatable bonds is 2. The van der Waals surface area contributed by atoms with E-state index in [9.17, 15) is 4.39 Å². The normalized spacial score (nSPS) is 15.4.